The quantitative estimate of drug-likeness (QED) is 0.422. The summed E-state index contributed by atoms with van der Waals surface area (Å²) in [5, 5.41) is 3.19. The van der Waals surface area contributed by atoms with Crippen LogP contribution in [0.5, 0.6) is 0 Å². The van der Waals surface area contributed by atoms with Crippen LogP contribution in [0.1, 0.15) is 55.9 Å². The third-order valence-corrected chi connectivity index (χ3v) is 7.07. The SMILES string of the molecule is Cc1ccccc1NC(=O)N(Cc1ccc(C(C)(C)C)cc1)C1CCN(Cc2ccccc2)CC1. The maximum absolute atomic E-state index is 13.6. The molecule has 0 saturated carbocycles. The molecule has 0 aliphatic carbocycles. The molecule has 1 heterocycles. The first-order valence-electron chi connectivity index (χ1n) is 12.8. The zero-order valence-electron chi connectivity index (χ0n) is 21.6. The minimum atomic E-state index is -0.0132. The summed E-state index contributed by atoms with van der Waals surface area (Å²) in [7, 11) is 0. The van der Waals surface area contributed by atoms with Crippen LogP contribution in [0.3, 0.4) is 0 Å². The van der Waals surface area contributed by atoms with E-state index in [1.807, 2.05) is 31.2 Å². The fourth-order valence-electron chi connectivity index (χ4n) is 4.80. The second kappa shape index (κ2) is 11.1. The van der Waals surface area contributed by atoms with Gasteiger partial charge < -0.3 is 10.2 Å². The number of piperidine rings is 1. The van der Waals surface area contributed by atoms with Gasteiger partial charge in [0.2, 0.25) is 0 Å². The Kier molecular flexibility index (Phi) is 7.92. The molecule has 1 aliphatic heterocycles. The molecule has 1 N–H and O–H groups in total. The summed E-state index contributed by atoms with van der Waals surface area (Å²) < 4.78 is 0. The topological polar surface area (TPSA) is 35.6 Å². The average molecular weight is 470 g/mol. The van der Waals surface area contributed by atoms with Crippen molar-refractivity contribution >= 4 is 11.7 Å². The predicted molar refractivity (Wildman–Crippen MR) is 146 cm³/mol. The van der Waals surface area contributed by atoms with Gasteiger partial charge in [0.25, 0.3) is 0 Å². The zero-order chi connectivity index (χ0) is 24.8. The molecule has 1 aliphatic rings. The van der Waals surface area contributed by atoms with Crippen LogP contribution in [-0.2, 0) is 18.5 Å². The molecule has 1 fully saturated rings. The summed E-state index contributed by atoms with van der Waals surface area (Å²) in [6.07, 6.45) is 1.96. The molecule has 0 aromatic heterocycles. The first-order valence-corrected chi connectivity index (χ1v) is 12.8. The van der Waals surface area contributed by atoms with E-state index in [1.54, 1.807) is 0 Å². The molecule has 0 atom stereocenters. The third kappa shape index (κ3) is 6.73. The van der Waals surface area contributed by atoms with Crippen LogP contribution in [0.4, 0.5) is 10.5 Å². The molecule has 3 aromatic carbocycles. The second-order valence-electron chi connectivity index (χ2n) is 10.8. The molecule has 4 heteroatoms. The number of para-hydroxylation sites is 1. The van der Waals surface area contributed by atoms with Crippen LogP contribution in [0.25, 0.3) is 0 Å². The van der Waals surface area contributed by atoms with Crippen LogP contribution < -0.4 is 5.32 Å². The van der Waals surface area contributed by atoms with Gasteiger partial charge in [-0.2, -0.15) is 0 Å². The van der Waals surface area contributed by atoms with Crippen molar-refractivity contribution in [3.63, 3.8) is 0 Å². The molecule has 0 spiro atoms. The Hall–Kier alpha value is -3.11. The van der Waals surface area contributed by atoms with E-state index in [-0.39, 0.29) is 17.5 Å². The van der Waals surface area contributed by atoms with Gasteiger partial charge in [-0.3, -0.25) is 4.90 Å². The lowest BCUT2D eigenvalue weighted by Crippen LogP contribution is -2.48. The number of amides is 2. The van der Waals surface area contributed by atoms with Crippen LogP contribution >= 0.6 is 0 Å². The number of carbonyl (C=O) groups is 1. The summed E-state index contributed by atoms with van der Waals surface area (Å²) >= 11 is 0. The molecule has 35 heavy (non-hydrogen) atoms. The van der Waals surface area contributed by atoms with Crippen molar-refractivity contribution in [2.45, 2.75) is 65.1 Å². The average Bonchev–Trinajstić information content (AvgIpc) is 2.85. The zero-order valence-corrected chi connectivity index (χ0v) is 21.6. The van der Waals surface area contributed by atoms with Crippen LogP contribution in [0, 0.1) is 6.92 Å². The lowest BCUT2D eigenvalue weighted by molar-refractivity contribution is 0.120. The number of aryl methyl sites for hydroxylation is 1. The highest BCUT2D eigenvalue weighted by Crippen LogP contribution is 2.25. The molecule has 2 amide bonds. The largest absolute Gasteiger partial charge is 0.322 e. The standard InChI is InChI=1S/C31H39N3O/c1-24-10-8-9-13-29(24)32-30(35)34(23-26-14-16-27(17-15-26)31(2,3)4)28-18-20-33(21-19-28)22-25-11-6-5-7-12-25/h5-17,28H,18-23H2,1-4H3,(H,32,35). The Balaban J connectivity index is 1.47. The van der Waals surface area contributed by atoms with Crippen molar-refractivity contribution < 1.29 is 4.79 Å². The number of nitrogens with zero attached hydrogens (tertiary/aromatic N) is 2. The van der Waals surface area contributed by atoms with Crippen molar-refractivity contribution in [1.82, 2.24) is 9.80 Å². The van der Waals surface area contributed by atoms with E-state index in [9.17, 15) is 4.79 Å². The first kappa shape index (κ1) is 25.0. The predicted octanol–water partition coefficient (Wildman–Crippen LogP) is 6.99. The number of nitrogens with one attached hydrogen (secondary N) is 1. The van der Waals surface area contributed by atoms with E-state index in [4.69, 9.17) is 0 Å². The van der Waals surface area contributed by atoms with Gasteiger partial charge in [0, 0.05) is 37.9 Å². The molecule has 4 nitrogen and oxygen atoms in total. The summed E-state index contributed by atoms with van der Waals surface area (Å²) in [5.74, 6) is 0. The highest BCUT2D eigenvalue weighted by Gasteiger charge is 2.28. The third-order valence-electron chi connectivity index (χ3n) is 7.07. The van der Waals surface area contributed by atoms with Crippen molar-refractivity contribution in [2.75, 3.05) is 18.4 Å². The molecule has 3 aromatic rings. The maximum Gasteiger partial charge on any atom is 0.322 e. The van der Waals surface area contributed by atoms with Crippen molar-refractivity contribution in [2.24, 2.45) is 0 Å². The lowest BCUT2D eigenvalue weighted by atomic mass is 9.86. The van der Waals surface area contributed by atoms with E-state index in [0.29, 0.717) is 6.54 Å². The molecule has 0 bridgehead atoms. The number of carbonyl (C=O) groups excluding carboxylic acids is 1. The van der Waals surface area contributed by atoms with Gasteiger partial charge in [-0.15, -0.1) is 0 Å². The number of likely N-dealkylation sites (tertiary alicyclic amines) is 1. The van der Waals surface area contributed by atoms with E-state index in [0.717, 1.165) is 43.7 Å². The van der Waals surface area contributed by atoms with Crippen molar-refractivity contribution in [3.05, 3.63) is 101 Å². The van der Waals surface area contributed by atoms with Gasteiger partial charge in [-0.1, -0.05) is 93.6 Å². The van der Waals surface area contributed by atoms with E-state index in [1.165, 1.54) is 16.7 Å². The van der Waals surface area contributed by atoms with E-state index >= 15 is 0 Å². The van der Waals surface area contributed by atoms with Crippen molar-refractivity contribution in [3.8, 4) is 0 Å². The molecule has 1 saturated heterocycles. The van der Waals surface area contributed by atoms with Gasteiger partial charge in [0.15, 0.2) is 0 Å². The Bertz CT molecular complexity index is 1090. The van der Waals surface area contributed by atoms with Gasteiger partial charge in [-0.05, 0) is 53.5 Å². The fourth-order valence-corrected chi connectivity index (χ4v) is 4.80. The number of benzene rings is 3. The summed E-state index contributed by atoms with van der Waals surface area (Å²) in [5.41, 5.74) is 5.90. The van der Waals surface area contributed by atoms with Crippen molar-refractivity contribution in [1.29, 1.82) is 0 Å². The normalized spacial score (nSPS) is 15.1. The van der Waals surface area contributed by atoms with Gasteiger partial charge in [0.1, 0.15) is 0 Å². The second-order valence-corrected chi connectivity index (χ2v) is 10.8. The Morgan fingerprint density at radius 1 is 0.886 bits per heavy atom. The molecule has 184 valence electrons. The number of urea groups is 1. The fraction of sp³-hybridized carbons (Fsp3) is 0.387. The maximum atomic E-state index is 13.6. The molecular weight excluding hydrogens is 430 g/mol. The highest BCUT2D eigenvalue weighted by atomic mass is 16.2. The number of anilines is 1. The van der Waals surface area contributed by atoms with Crippen LogP contribution in [0.15, 0.2) is 78.9 Å². The Labute approximate surface area is 211 Å². The summed E-state index contributed by atoms with van der Waals surface area (Å²) in [6.45, 7) is 12.3. The molecular formula is C31H39N3O. The highest BCUT2D eigenvalue weighted by molar-refractivity contribution is 5.90. The van der Waals surface area contributed by atoms with Gasteiger partial charge in [0.05, 0.1) is 0 Å². The summed E-state index contributed by atoms with van der Waals surface area (Å²) in [4.78, 5) is 18.1. The number of rotatable bonds is 6. The first-order chi connectivity index (χ1) is 16.8. The van der Waals surface area contributed by atoms with E-state index in [2.05, 4.69) is 90.5 Å². The summed E-state index contributed by atoms with van der Waals surface area (Å²) in [6, 6.07) is 27.6. The van der Waals surface area contributed by atoms with Gasteiger partial charge >= 0.3 is 6.03 Å². The van der Waals surface area contributed by atoms with Crippen LogP contribution in [-0.4, -0.2) is 35.0 Å². The molecule has 0 radical (unpaired) electrons. The van der Waals surface area contributed by atoms with Crippen LogP contribution in [0.2, 0.25) is 0 Å². The monoisotopic (exact) mass is 469 g/mol. The Morgan fingerprint density at radius 2 is 1.51 bits per heavy atom. The number of hydrogen-bond acceptors (Lipinski definition) is 2. The van der Waals surface area contributed by atoms with Gasteiger partial charge in [-0.25, -0.2) is 4.79 Å². The molecule has 4 rings (SSSR count). The minimum Gasteiger partial charge on any atom is -0.317 e. The van der Waals surface area contributed by atoms with E-state index < -0.39 is 0 Å². The smallest absolute Gasteiger partial charge is 0.317 e. The Morgan fingerprint density at radius 3 is 2.14 bits per heavy atom. The number of hydrogen-bond donors (Lipinski definition) is 1. The lowest BCUT2D eigenvalue weighted by Gasteiger charge is -2.38. The minimum absolute atomic E-state index is 0.0132. The molecule has 0 unspecified atom stereocenters.